The van der Waals surface area contributed by atoms with E-state index in [4.69, 9.17) is 4.42 Å². The molecule has 18 heavy (non-hydrogen) atoms. The van der Waals surface area contributed by atoms with Crippen LogP contribution in [0.25, 0.3) is 11.1 Å². The second-order valence-corrected chi connectivity index (χ2v) is 5.19. The van der Waals surface area contributed by atoms with Crippen molar-refractivity contribution in [3.8, 4) is 0 Å². The molecule has 3 nitrogen and oxygen atoms in total. The third-order valence-electron chi connectivity index (χ3n) is 4.04. The summed E-state index contributed by atoms with van der Waals surface area (Å²) in [5.74, 6) is 0.758. The van der Waals surface area contributed by atoms with E-state index >= 15 is 0 Å². The first-order chi connectivity index (χ1) is 8.86. The van der Waals surface area contributed by atoms with Gasteiger partial charge in [-0.05, 0) is 30.9 Å². The molecule has 0 saturated heterocycles. The second kappa shape index (κ2) is 5.01. The van der Waals surface area contributed by atoms with Crippen LogP contribution < -0.4 is 5.32 Å². The zero-order valence-electron chi connectivity index (χ0n) is 10.9. The first kappa shape index (κ1) is 11.6. The Labute approximate surface area is 108 Å². The molecule has 1 N–H and O–H groups in total. The average molecular weight is 244 g/mol. The van der Waals surface area contributed by atoms with E-state index in [1.807, 2.05) is 24.3 Å². The molecule has 3 heteroatoms. The Balaban J connectivity index is 1.78. The van der Waals surface area contributed by atoms with Gasteiger partial charge in [-0.2, -0.15) is 4.98 Å². The number of rotatable bonds is 3. The lowest BCUT2D eigenvalue weighted by atomic mass is 9.83. The molecule has 96 valence electrons. The molecule has 0 spiro atoms. The minimum Gasteiger partial charge on any atom is -0.424 e. The average Bonchev–Trinajstić information content (AvgIpc) is 2.81. The Hall–Kier alpha value is -1.51. The van der Waals surface area contributed by atoms with Gasteiger partial charge < -0.3 is 9.73 Å². The number of aromatic nitrogens is 1. The Kier molecular flexibility index (Phi) is 3.22. The standard InChI is InChI=1S/C15H20N2O/c1-2-11-7-3-4-8-12(11)16-15-17-13-9-5-6-10-14(13)18-15/h5-6,9-12H,2-4,7-8H2,1H3,(H,16,17). The Morgan fingerprint density at radius 2 is 2.11 bits per heavy atom. The quantitative estimate of drug-likeness (QED) is 0.879. The topological polar surface area (TPSA) is 38.1 Å². The van der Waals surface area contributed by atoms with Gasteiger partial charge in [0.25, 0.3) is 6.01 Å². The molecule has 2 atom stereocenters. The zero-order valence-corrected chi connectivity index (χ0v) is 10.9. The van der Waals surface area contributed by atoms with Gasteiger partial charge in [0, 0.05) is 6.04 Å². The Bertz CT molecular complexity index is 487. The first-order valence-corrected chi connectivity index (χ1v) is 6.99. The van der Waals surface area contributed by atoms with E-state index in [9.17, 15) is 0 Å². The third kappa shape index (κ3) is 2.22. The number of benzene rings is 1. The lowest BCUT2D eigenvalue weighted by molar-refractivity contribution is 0.313. The molecule has 1 saturated carbocycles. The maximum atomic E-state index is 5.74. The molecule has 2 unspecified atom stereocenters. The molecule has 0 bridgehead atoms. The summed E-state index contributed by atoms with van der Waals surface area (Å²) in [6, 6.07) is 9.13. The third-order valence-corrected chi connectivity index (χ3v) is 4.04. The molecule has 1 heterocycles. The van der Waals surface area contributed by atoms with E-state index in [-0.39, 0.29) is 0 Å². The molecule has 3 rings (SSSR count). The monoisotopic (exact) mass is 244 g/mol. The minimum absolute atomic E-state index is 0.525. The summed E-state index contributed by atoms with van der Waals surface area (Å²) in [5, 5.41) is 3.49. The highest BCUT2D eigenvalue weighted by Crippen LogP contribution is 2.30. The number of nitrogens with zero attached hydrogens (tertiary/aromatic N) is 1. The Morgan fingerprint density at radius 1 is 1.28 bits per heavy atom. The lowest BCUT2D eigenvalue weighted by Gasteiger charge is -2.30. The van der Waals surface area contributed by atoms with Gasteiger partial charge in [-0.1, -0.05) is 38.3 Å². The fourth-order valence-electron chi connectivity index (χ4n) is 2.98. The van der Waals surface area contributed by atoms with Gasteiger partial charge in [-0.15, -0.1) is 0 Å². The summed E-state index contributed by atoms with van der Waals surface area (Å²) in [4.78, 5) is 4.50. The van der Waals surface area contributed by atoms with Crippen LogP contribution in [0.15, 0.2) is 28.7 Å². The molecule has 1 aromatic heterocycles. The summed E-state index contributed by atoms with van der Waals surface area (Å²) < 4.78 is 5.74. The largest absolute Gasteiger partial charge is 0.424 e. The van der Waals surface area contributed by atoms with Crippen LogP contribution in [0.3, 0.4) is 0 Å². The molecule has 0 amide bonds. The zero-order chi connectivity index (χ0) is 12.4. The molecule has 1 aromatic carbocycles. The predicted octanol–water partition coefficient (Wildman–Crippen LogP) is 4.21. The number of hydrogen-bond acceptors (Lipinski definition) is 3. The van der Waals surface area contributed by atoms with E-state index in [1.54, 1.807) is 0 Å². The fourth-order valence-corrected chi connectivity index (χ4v) is 2.98. The number of para-hydroxylation sites is 2. The van der Waals surface area contributed by atoms with Crippen molar-refractivity contribution < 1.29 is 4.42 Å². The van der Waals surface area contributed by atoms with Crippen LogP contribution in [0.2, 0.25) is 0 Å². The maximum Gasteiger partial charge on any atom is 0.295 e. The molecule has 2 aromatic rings. The van der Waals surface area contributed by atoms with Crippen molar-refractivity contribution in [2.45, 2.75) is 45.1 Å². The van der Waals surface area contributed by atoms with Crippen molar-refractivity contribution in [1.82, 2.24) is 4.98 Å². The first-order valence-electron chi connectivity index (χ1n) is 6.99. The van der Waals surface area contributed by atoms with Gasteiger partial charge in [0.15, 0.2) is 5.58 Å². The Morgan fingerprint density at radius 3 is 2.94 bits per heavy atom. The number of anilines is 1. The van der Waals surface area contributed by atoms with Gasteiger partial charge in [-0.25, -0.2) is 0 Å². The smallest absolute Gasteiger partial charge is 0.295 e. The van der Waals surface area contributed by atoms with Crippen LogP contribution in [0.4, 0.5) is 6.01 Å². The van der Waals surface area contributed by atoms with E-state index in [0.717, 1.165) is 17.0 Å². The van der Waals surface area contributed by atoms with Crippen molar-refractivity contribution >= 4 is 17.1 Å². The maximum absolute atomic E-state index is 5.74. The summed E-state index contributed by atoms with van der Waals surface area (Å²) >= 11 is 0. The molecule has 0 aliphatic heterocycles. The number of hydrogen-bond donors (Lipinski definition) is 1. The van der Waals surface area contributed by atoms with Crippen LogP contribution in [-0.4, -0.2) is 11.0 Å². The van der Waals surface area contributed by atoms with Gasteiger partial charge in [0.2, 0.25) is 0 Å². The number of nitrogens with one attached hydrogen (secondary N) is 1. The summed E-state index contributed by atoms with van der Waals surface area (Å²) in [6.07, 6.45) is 6.47. The highest BCUT2D eigenvalue weighted by molar-refractivity contribution is 5.74. The predicted molar refractivity (Wildman–Crippen MR) is 73.7 cm³/mol. The lowest BCUT2D eigenvalue weighted by Crippen LogP contribution is -2.31. The second-order valence-electron chi connectivity index (χ2n) is 5.19. The van der Waals surface area contributed by atoms with Gasteiger partial charge in [0.1, 0.15) is 5.52 Å². The SMILES string of the molecule is CCC1CCCCC1Nc1nc2ccccc2o1. The highest BCUT2D eigenvalue weighted by atomic mass is 16.4. The number of oxazole rings is 1. The van der Waals surface area contributed by atoms with Crippen molar-refractivity contribution in [1.29, 1.82) is 0 Å². The van der Waals surface area contributed by atoms with Gasteiger partial charge in [0.05, 0.1) is 0 Å². The van der Waals surface area contributed by atoms with E-state index in [2.05, 4.69) is 17.2 Å². The van der Waals surface area contributed by atoms with Crippen LogP contribution in [-0.2, 0) is 0 Å². The highest BCUT2D eigenvalue weighted by Gasteiger charge is 2.24. The van der Waals surface area contributed by atoms with Gasteiger partial charge >= 0.3 is 0 Å². The van der Waals surface area contributed by atoms with Crippen LogP contribution >= 0.6 is 0 Å². The van der Waals surface area contributed by atoms with E-state index < -0.39 is 0 Å². The molecular formula is C15H20N2O. The molecule has 1 aliphatic rings. The molecule has 0 radical (unpaired) electrons. The number of fused-ring (bicyclic) bond motifs is 1. The molecule has 1 aliphatic carbocycles. The van der Waals surface area contributed by atoms with Crippen LogP contribution in [0.1, 0.15) is 39.0 Å². The van der Waals surface area contributed by atoms with Gasteiger partial charge in [-0.3, -0.25) is 0 Å². The summed E-state index contributed by atoms with van der Waals surface area (Å²) in [6.45, 7) is 2.27. The molecule has 1 fully saturated rings. The van der Waals surface area contributed by atoms with E-state index in [0.29, 0.717) is 12.1 Å². The van der Waals surface area contributed by atoms with Crippen molar-refractivity contribution in [2.24, 2.45) is 5.92 Å². The van der Waals surface area contributed by atoms with Crippen LogP contribution in [0.5, 0.6) is 0 Å². The minimum atomic E-state index is 0.525. The van der Waals surface area contributed by atoms with Crippen molar-refractivity contribution in [3.05, 3.63) is 24.3 Å². The normalized spacial score (nSPS) is 24.3. The van der Waals surface area contributed by atoms with Crippen LogP contribution in [0, 0.1) is 5.92 Å². The molecular weight excluding hydrogens is 224 g/mol. The fraction of sp³-hybridized carbons (Fsp3) is 0.533. The van der Waals surface area contributed by atoms with Crippen molar-refractivity contribution in [3.63, 3.8) is 0 Å². The summed E-state index contributed by atoms with van der Waals surface area (Å²) in [5.41, 5.74) is 1.80. The summed E-state index contributed by atoms with van der Waals surface area (Å²) in [7, 11) is 0. The van der Waals surface area contributed by atoms with Crippen molar-refractivity contribution in [2.75, 3.05) is 5.32 Å². The van der Waals surface area contributed by atoms with E-state index in [1.165, 1.54) is 32.1 Å².